The van der Waals surface area contributed by atoms with Crippen molar-refractivity contribution in [3.05, 3.63) is 11.9 Å². The van der Waals surface area contributed by atoms with E-state index in [9.17, 15) is 0 Å². The third-order valence-corrected chi connectivity index (χ3v) is 3.34. The lowest BCUT2D eigenvalue weighted by Crippen LogP contribution is -2.39. The van der Waals surface area contributed by atoms with Crippen LogP contribution in [0.4, 0.5) is 11.6 Å². The first-order valence-electron chi connectivity index (χ1n) is 7.34. The lowest BCUT2D eigenvalue weighted by Gasteiger charge is -2.23. The first-order valence-corrected chi connectivity index (χ1v) is 7.34. The van der Waals surface area contributed by atoms with Crippen LogP contribution in [0.15, 0.2) is 6.07 Å². The molecule has 0 saturated carbocycles. The Hall–Kier alpha value is -1.36. The van der Waals surface area contributed by atoms with Gasteiger partial charge in [0.05, 0.1) is 0 Å². The molecule has 0 aromatic carbocycles. The molecular formula is C14H25N5. The number of nitrogens with one attached hydrogen (secondary N) is 3. The van der Waals surface area contributed by atoms with E-state index in [0.717, 1.165) is 43.5 Å². The van der Waals surface area contributed by atoms with E-state index in [2.05, 4.69) is 32.8 Å². The third-order valence-electron chi connectivity index (χ3n) is 3.34. The Morgan fingerprint density at radius 1 is 1.26 bits per heavy atom. The standard InChI is InChI=1S/C14H25N5/c1-3-7-16-13-9-14(19-11(2)18-13)17-10-12-6-4-5-8-15-12/h9,12,15H,3-8,10H2,1-2H3,(H2,16,17,18,19). The van der Waals surface area contributed by atoms with Crippen molar-refractivity contribution in [1.82, 2.24) is 15.3 Å². The van der Waals surface area contributed by atoms with Crippen LogP contribution in [-0.2, 0) is 0 Å². The summed E-state index contributed by atoms with van der Waals surface area (Å²) in [6, 6.07) is 2.56. The van der Waals surface area contributed by atoms with E-state index in [0.29, 0.717) is 6.04 Å². The van der Waals surface area contributed by atoms with Crippen LogP contribution in [-0.4, -0.2) is 35.6 Å². The van der Waals surface area contributed by atoms with Crippen LogP contribution in [0.2, 0.25) is 0 Å². The number of nitrogens with zero attached hydrogens (tertiary/aromatic N) is 2. The molecule has 1 aromatic heterocycles. The Bertz CT molecular complexity index is 387. The average molecular weight is 263 g/mol. The van der Waals surface area contributed by atoms with Crippen LogP contribution in [0.25, 0.3) is 0 Å². The molecule has 3 N–H and O–H groups in total. The van der Waals surface area contributed by atoms with Crippen molar-refractivity contribution < 1.29 is 0 Å². The van der Waals surface area contributed by atoms with E-state index < -0.39 is 0 Å². The minimum absolute atomic E-state index is 0.566. The van der Waals surface area contributed by atoms with E-state index in [1.165, 1.54) is 19.3 Å². The Labute approximate surface area is 115 Å². The molecule has 1 unspecified atom stereocenters. The molecule has 0 bridgehead atoms. The molecular weight excluding hydrogens is 238 g/mol. The van der Waals surface area contributed by atoms with Crippen LogP contribution in [0, 0.1) is 6.92 Å². The van der Waals surface area contributed by atoms with E-state index in [1.807, 2.05) is 13.0 Å². The van der Waals surface area contributed by atoms with Gasteiger partial charge in [0.25, 0.3) is 0 Å². The highest BCUT2D eigenvalue weighted by Crippen LogP contribution is 2.12. The fourth-order valence-corrected chi connectivity index (χ4v) is 2.33. The quantitative estimate of drug-likeness (QED) is 0.734. The summed E-state index contributed by atoms with van der Waals surface area (Å²) < 4.78 is 0. The molecule has 1 saturated heterocycles. The van der Waals surface area contributed by atoms with Gasteiger partial charge in [-0.3, -0.25) is 0 Å². The van der Waals surface area contributed by atoms with E-state index in [4.69, 9.17) is 0 Å². The Morgan fingerprint density at radius 2 is 2.05 bits per heavy atom. The summed E-state index contributed by atoms with van der Waals surface area (Å²) in [6.45, 7) is 7.10. The van der Waals surface area contributed by atoms with E-state index >= 15 is 0 Å². The maximum absolute atomic E-state index is 4.44. The molecule has 1 aliphatic rings. The zero-order valence-corrected chi connectivity index (χ0v) is 12.0. The van der Waals surface area contributed by atoms with Gasteiger partial charge >= 0.3 is 0 Å². The molecule has 1 aliphatic heterocycles. The van der Waals surface area contributed by atoms with Gasteiger partial charge in [0.2, 0.25) is 0 Å². The fourth-order valence-electron chi connectivity index (χ4n) is 2.33. The van der Waals surface area contributed by atoms with Crippen molar-refractivity contribution >= 4 is 11.6 Å². The highest BCUT2D eigenvalue weighted by Gasteiger charge is 2.12. The topological polar surface area (TPSA) is 61.9 Å². The predicted octanol–water partition coefficient (Wildman–Crippen LogP) is 2.16. The molecule has 19 heavy (non-hydrogen) atoms. The van der Waals surface area contributed by atoms with Gasteiger partial charge in [-0.15, -0.1) is 0 Å². The largest absolute Gasteiger partial charge is 0.370 e. The molecule has 2 heterocycles. The van der Waals surface area contributed by atoms with Crippen molar-refractivity contribution in [3.8, 4) is 0 Å². The smallest absolute Gasteiger partial charge is 0.131 e. The summed E-state index contributed by atoms with van der Waals surface area (Å²) in [5, 5.41) is 10.3. The maximum atomic E-state index is 4.44. The summed E-state index contributed by atoms with van der Waals surface area (Å²) in [5.41, 5.74) is 0. The molecule has 5 nitrogen and oxygen atoms in total. The summed E-state index contributed by atoms with van der Waals surface area (Å²) in [6.07, 6.45) is 4.97. The summed E-state index contributed by atoms with van der Waals surface area (Å²) in [7, 11) is 0. The van der Waals surface area contributed by atoms with Crippen LogP contribution >= 0.6 is 0 Å². The number of aryl methyl sites for hydroxylation is 1. The number of rotatable bonds is 6. The van der Waals surface area contributed by atoms with Crippen molar-refractivity contribution in [2.45, 2.75) is 45.6 Å². The fraction of sp³-hybridized carbons (Fsp3) is 0.714. The van der Waals surface area contributed by atoms with Crippen molar-refractivity contribution in [1.29, 1.82) is 0 Å². The van der Waals surface area contributed by atoms with E-state index in [-0.39, 0.29) is 0 Å². The molecule has 5 heteroatoms. The minimum atomic E-state index is 0.566. The predicted molar refractivity (Wildman–Crippen MR) is 79.7 cm³/mol. The molecule has 0 amide bonds. The van der Waals surface area contributed by atoms with Crippen LogP contribution in [0.5, 0.6) is 0 Å². The highest BCUT2D eigenvalue weighted by molar-refractivity contribution is 5.47. The van der Waals surface area contributed by atoms with Crippen LogP contribution < -0.4 is 16.0 Å². The van der Waals surface area contributed by atoms with Crippen LogP contribution in [0.3, 0.4) is 0 Å². The second-order valence-electron chi connectivity index (χ2n) is 5.14. The summed E-state index contributed by atoms with van der Waals surface area (Å²) >= 11 is 0. The lowest BCUT2D eigenvalue weighted by molar-refractivity contribution is 0.414. The average Bonchev–Trinajstić information content (AvgIpc) is 2.43. The monoisotopic (exact) mass is 263 g/mol. The third kappa shape index (κ3) is 4.67. The number of anilines is 2. The second kappa shape index (κ2) is 7.28. The van der Waals surface area contributed by atoms with Crippen LogP contribution in [0.1, 0.15) is 38.4 Å². The number of hydrogen-bond donors (Lipinski definition) is 3. The second-order valence-corrected chi connectivity index (χ2v) is 5.14. The molecule has 2 rings (SSSR count). The first kappa shape index (κ1) is 14.1. The van der Waals surface area contributed by atoms with Gasteiger partial charge in [0, 0.05) is 25.2 Å². The molecule has 1 aromatic rings. The van der Waals surface area contributed by atoms with Crippen molar-refractivity contribution in [3.63, 3.8) is 0 Å². The maximum Gasteiger partial charge on any atom is 0.131 e. The normalized spacial score (nSPS) is 19.2. The Balaban J connectivity index is 1.89. The summed E-state index contributed by atoms with van der Waals surface area (Å²) in [4.78, 5) is 8.82. The van der Waals surface area contributed by atoms with Crippen molar-refractivity contribution in [2.24, 2.45) is 0 Å². The van der Waals surface area contributed by atoms with Gasteiger partial charge < -0.3 is 16.0 Å². The molecule has 1 fully saturated rings. The molecule has 0 aliphatic carbocycles. The molecule has 0 spiro atoms. The van der Waals surface area contributed by atoms with Gasteiger partial charge in [-0.05, 0) is 32.7 Å². The zero-order chi connectivity index (χ0) is 13.5. The molecule has 106 valence electrons. The summed E-state index contributed by atoms with van der Waals surface area (Å²) in [5.74, 6) is 2.63. The van der Waals surface area contributed by atoms with Gasteiger partial charge in [-0.1, -0.05) is 13.3 Å². The van der Waals surface area contributed by atoms with Gasteiger partial charge in [0.1, 0.15) is 17.5 Å². The minimum Gasteiger partial charge on any atom is -0.370 e. The van der Waals surface area contributed by atoms with Gasteiger partial charge in [0.15, 0.2) is 0 Å². The van der Waals surface area contributed by atoms with Crippen molar-refractivity contribution in [2.75, 3.05) is 30.3 Å². The molecule has 1 atom stereocenters. The Kier molecular flexibility index (Phi) is 5.39. The SMILES string of the molecule is CCCNc1cc(NCC2CCCCN2)nc(C)n1. The lowest BCUT2D eigenvalue weighted by atomic mass is 10.1. The zero-order valence-electron chi connectivity index (χ0n) is 12.0. The van der Waals surface area contributed by atoms with Gasteiger partial charge in [-0.25, -0.2) is 9.97 Å². The Morgan fingerprint density at radius 3 is 2.74 bits per heavy atom. The van der Waals surface area contributed by atoms with E-state index in [1.54, 1.807) is 0 Å². The molecule has 0 radical (unpaired) electrons. The number of hydrogen-bond acceptors (Lipinski definition) is 5. The van der Waals surface area contributed by atoms with Gasteiger partial charge in [-0.2, -0.15) is 0 Å². The first-order chi connectivity index (χ1) is 9.28. The number of piperidine rings is 1. The highest BCUT2D eigenvalue weighted by atomic mass is 15.1. The number of aromatic nitrogens is 2.